The van der Waals surface area contributed by atoms with Gasteiger partial charge in [0.05, 0.1) is 0 Å². The molecule has 0 fully saturated rings. The third-order valence-electron chi connectivity index (χ3n) is 5.07. The van der Waals surface area contributed by atoms with Crippen LogP contribution in [0.1, 0.15) is 43.2 Å². The van der Waals surface area contributed by atoms with Crippen LogP contribution < -0.4 is 0 Å². The molecule has 1 heterocycles. The molecule has 0 spiro atoms. The molecule has 0 amide bonds. The van der Waals surface area contributed by atoms with E-state index in [0.717, 1.165) is 16.9 Å². The Kier molecular flexibility index (Phi) is 4.07. The van der Waals surface area contributed by atoms with E-state index in [9.17, 15) is 9.59 Å². The summed E-state index contributed by atoms with van der Waals surface area (Å²) in [4.78, 5) is 25.5. The Labute approximate surface area is 167 Å². The molecule has 0 radical (unpaired) electrons. The van der Waals surface area contributed by atoms with Gasteiger partial charge in [-0.25, -0.2) is 0 Å². The number of carbonyl (C=O) groups is 2. The highest BCUT2D eigenvalue weighted by atomic mass is 16.3. The number of furan rings is 1. The SMILES string of the molecule is O=C1c2ccccc2C(=O)c2cc(C=Cc3ccc(-c4ccccc4)o3)ccc21. The fourth-order valence-corrected chi connectivity index (χ4v) is 3.60. The van der Waals surface area contributed by atoms with Gasteiger partial charge >= 0.3 is 0 Å². The van der Waals surface area contributed by atoms with Crippen molar-refractivity contribution in [2.24, 2.45) is 0 Å². The van der Waals surface area contributed by atoms with E-state index in [1.54, 1.807) is 36.4 Å². The van der Waals surface area contributed by atoms with E-state index in [1.807, 2.05) is 60.7 Å². The first-order valence-corrected chi connectivity index (χ1v) is 9.36. The zero-order valence-electron chi connectivity index (χ0n) is 15.5. The molecule has 1 aliphatic rings. The lowest BCUT2D eigenvalue weighted by Gasteiger charge is -2.17. The number of benzene rings is 3. The fraction of sp³-hybridized carbons (Fsp3) is 0. The minimum absolute atomic E-state index is 0.107. The number of fused-ring (bicyclic) bond motifs is 2. The van der Waals surface area contributed by atoms with Gasteiger partial charge in [0, 0.05) is 27.8 Å². The summed E-state index contributed by atoms with van der Waals surface area (Å²) < 4.78 is 5.88. The van der Waals surface area contributed by atoms with Crippen molar-refractivity contribution in [1.82, 2.24) is 0 Å². The molecule has 0 N–H and O–H groups in total. The lowest BCUT2D eigenvalue weighted by molar-refractivity contribution is 0.0979. The summed E-state index contributed by atoms with van der Waals surface area (Å²) in [7, 11) is 0. The highest BCUT2D eigenvalue weighted by molar-refractivity contribution is 6.28. The van der Waals surface area contributed by atoms with Crippen molar-refractivity contribution >= 4 is 23.7 Å². The van der Waals surface area contributed by atoms with Crippen molar-refractivity contribution in [3.05, 3.63) is 119 Å². The second-order valence-corrected chi connectivity index (χ2v) is 6.91. The van der Waals surface area contributed by atoms with Crippen LogP contribution in [0.15, 0.2) is 89.3 Å². The lowest BCUT2D eigenvalue weighted by Crippen LogP contribution is -2.20. The summed E-state index contributed by atoms with van der Waals surface area (Å²) in [5.74, 6) is 1.29. The van der Waals surface area contributed by atoms with Gasteiger partial charge in [0.15, 0.2) is 11.6 Å². The Morgan fingerprint density at radius 3 is 2.00 bits per heavy atom. The Morgan fingerprint density at radius 1 is 0.586 bits per heavy atom. The maximum absolute atomic E-state index is 12.8. The Balaban J connectivity index is 1.45. The molecular formula is C26H16O3. The molecule has 29 heavy (non-hydrogen) atoms. The van der Waals surface area contributed by atoms with Crippen molar-refractivity contribution in [1.29, 1.82) is 0 Å². The predicted molar refractivity (Wildman–Crippen MR) is 113 cm³/mol. The minimum Gasteiger partial charge on any atom is -0.457 e. The third-order valence-corrected chi connectivity index (χ3v) is 5.07. The summed E-state index contributed by atoms with van der Waals surface area (Å²) in [5.41, 5.74) is 3.68. The lowest BCUT2D eigenvalue weighted by atomic mass is 9.83. The summed E-state index contributed by atoms with van der Waals surface area (Å²) in [6.07, 6.45) is 3.74. The second-order valence-electron chi connectivity index (χ2n) is 6.91. The molecule has 0 aliphatic heterocycles. The molecular weight excluding hydrogens is 360 g/mol. The number of hydrogen-bond acceptors (Lipinski definition) is 3. The average molecular weight is 376 g/mol. The van der Waals surface area contributed by atoms with Crippen molar-refractivity contribution in [3.8, 4) is 11.3 Å². The molecule has 0 saturated carbocycles. The zero-order chi connectivity index (χ0) is 19.8. The van der Waals surface area contributed by atoms with Crippen molar-refractivity contribution in [2.45, 2.75) is 0 Å². The Bertz CT molecular complexity index is 1280. The van der Waals surface area contributed by atoms with Crippen LogP contribution in [0.2, 0.25) is 0 Å². The Morgan fingerprint density at radius 2 is 1.24 bits per heavy atom. The van der Waals surface area contributed by atoms with Gasteiger partial charge in [0.1, 0.15) is 11.5 Å². The minimum atomic E-state index is -0.116. The van der Waals surface area contributed by atoms with Gasteiger partial charge in [-0.3, -0.25) is 9.59 Å². The number of carbonyl (C=O) groups excluding carboxylic acids is 2. The molecule has 0 bridgehead atoms. The molecule has 1 aromatic heterocycles. The van der Waals surface area contributed by atoms with Crippen LogP contribution in [0.25, 0.3) is 23.5 Å². The molecule has 0 unspecified atom stereocenters. The zero-order valence-corrected chi connectivity index (χ0v) is 15.5. The molecule has 3 aromatic carbocycles. The van der Waals surface area contributed by atoms with E-state index < -0.39 is 0 Å². The normalized spacial score (nSPS) is 12.8. The predicted octanol–water partition coefficient (Wildman–Crippen LogP) is 5.89. The number of ketones is 2. The van der Waals surface area contributed by atoms with E-state index in [0.29, 0.717) is 28.0 Å². The first-order valence-electron chi connectivity index (χ1n) is 9.36. The van der Waals surface area contributed by atoms with Gasteiger partial charge in [-0.1, -0.05) is 66.7 Å². The van der Waals surface area contributed by atoms with E-state index in [1.165, 1.54) is 0 Å². The maximum Gasteiger partial charge on any atom is 0.194 e. The smallest absolute Gasteiger partial charge is 0.194 e. The van der Waals surface area contributed by atoms with Crippen LogP contribution in [0.5, 0.6) is 0 Å². The fourth-order valence-electron chi connectivity index (χ4n) is 3.60. The van der Waals surface area contributed by atoms with Gasteiger partial charge < -0.3 is 4.42 Å². The van der Waals surface area contributed by atoms with Gasteiger partial charge in [-0.15, -0.1) is 0 Å². The van der Waals surface area contributed by atoms with Crippen LogP contribution in [0, 0.1) is 0 Å². The molecule has 138 valence electrons. The van der Waals surface area contributed by atoms with E-state index in [2.05, 4.69) is 0 Å². The molecule has 0 atom stereocenters. The topological polar surface area (TPSA) is 47.3 Å². The van der Waals surface area contributed by atoms with Gasteiger partial charge in [-0.05, 0) is 35.9 Å². The first-order chi connectivity index (χ1) is 14.2. The van der Waals surface area contributed by atoms with Crippen LogP contribution in [-0.2, 0) is 0 Å². The van der Waals surface area contributed by atoms with Crippen molar-refractivity contribution in [3.63, 3.8) is 0 Å². The van der Waals surface area contributed by atoms with E-state index >= 15 is 0 Å². The molecule has 0 saturated heterocycles. The first kappa shape index (κ1) is 17.1. The molecule has 3 nitrogen and oxygen atoms in total. The summed E-state index contributed by atoms with van der Waals surface area (Å²) in [6.45, 7) is 0. The quantitative estimate of drug-likeness (QED) is 0.394. The summed E-state index contributed by atoms with van der Waals surface area (Å²) in [5, 5.41) is 0. The number of rotatable bonds is 3. The largest absolute Gasteiger partial charge is 0.457 e. The average Bonchev–Trinajstić information content (AvgIpc) is 3.26. The number of hydrogen-bond donors (Lipinski definition) is 0. The van der Waals surface area contributed by atoms with Crippen LogP contribution in [-0.4, -0.2) is 11.6 Å². The molecule has 3 heteroatoms. The van der Waals surface area contributed by atoms with Crippen molar-refractivity contribution < 1.29 is 14.0 Å². The van der Waals surface area contributed by atoms with Crippen LogP contribution >= 0.6 is 0 Å². The second kappa shape index (κ2) is 6.88. The Hall–Kier alpha value is -3.98. The van der Waals surface area contributed by atoms with Gasteiger partial charge in [-0.2, -0.15) is 0 Å². The standard InChI is InChI=1S/C26H16O3/c27-25-20-8-4-5-9-21(20)26(28)23-16-17(11-14-22(23)25)10-12-19-13-15-24(29-19)18-6-2-1-3-7-18/h1-16H. The third kappa shape index (κ3) is 3.03. The molecule has 1 aliphatic carbocycles. The highest BCUT2D eigenvalue weighted by Crippen LogP contribution is 2.28. The van der Waals surface area contributed by atoms with Gasteiger partial charge in [0.25, 0.3) is 0 Å². The van der Waals surface area contributed by atoms with Crippen LogP contribution in [0.4, 0.5) is 0 Å². The monoisotopic (exact) mass is 376 g/mol. The molecule has 4 aromatic rings. The van der Waals surface area contributed by atoms with E-state index in [4.69, 9.17) is 4.42 Å². The molecule has 5 rings (SSSR count). The highest BCUT2D eigenvalue weighted by Gasteiger charge is 2.29. The van der Waals surface area contributed by atoms with Crippen molar-refractivity contribution in [2.75, 3.05) is 0 Å². The van der Waals surface area contributed by atoms with Crippen LogP contribution in [0.3, 0.4) is 0 Å². The summed E-state index contributed by atoms with van der Waals surface area (Å²) >= 11 is 0. The maximum atomic E-state index is 12.8. The summed E-state index contributed by atoms with van der Waals surface area (Å²) in [6, 6.07) is 26.0. The van der Waals surface area contributed by atoms with Gasteiger partial charge in [0.2, 0.25) is 0 Å². The van der Waals surface area contributed by atoms with E-state index in [-0.39, 0.29) is 11.6 Å².